The van der Waals surface area contributed by atoms with Gasteiger partial charge in [0.05, 0.1) is 10.6 Å². The van der Waals surface area contributed by atoms with Gasteiger partial charge in [0.1, 0.15) is 12.4 Å². The Hall–Kier alpha value is -3.25. The van der Waals surface area contributed by atoms with E-state index in [4.69, 9.17) is 27.9 Å². The van der Waals surface area contributed by atoms with Crippen molar-refractivity contribution in [2.75, 3.05) is 0 Å². The lowest BCUT2D eigenvalue weighted by Gasteiger charge is -2.13. The van der Waals surface area contributed by atoms with Crippen LogP contribution in [-0.2, 0) is 11.4 Å². The molecule has 0 unspecified atom stereocenters. The summed E-state index contributed by atoms with van der Waals surface area (Å²) in [5.41, 5.74) is 3.58. The summed E-state index contributed by atoms with van der Waals surface area (Å²) in [6.45, 7) is 2.29. The fraction of sp³-hybridized carbons (Fsp3) is 0.0714. The zero-order valence-corrected chi connectivity index (χ0v) is 21.0. The van der Waals surface area contributed by atoms with Gasteiger partial charge >= 0.3 is 0 Å². The topological polar surface area (TPSA) is 50.7 Å². The molecule has 174 valence electrons. The summed E-state index contributed by atoms with van der Waals surface area (Å²) in [6, 6.07) is 25.1. The molecule has 1 N–H and O–H groups in total. The van der Waals surface area contributed by atoms with Gasteiger partial charge in [0.2, 0.25) is 0 Å². The number of carbonyl (C=O) groups is 1. The van der Waals surface area contributed by atoms with Crippen molar-refractivity contribution in [2.45, 2.75) is 13.5 Å². The molecule has 4 aromatic carbocycles. The third-order valence-corrected chi connectivity index (χ3v) is 7.02. The van der Waals surface area contributed by atoms with E-state index in [0.717, 1.165) is 33.2 Å². The van der Waals surface area contributed by atoms with E-state index in [9.17, 15) is 4.79 Å². The normalized spacial score (nSPS) is 15.7. The number of aliphatic imine (C=N–C) groups is 1. The van der Waals surface area contributed by atoms with Gasteiger partial charge in [0.25, 0.3) is 5.91 Å². The molecule has 0 saturated carbocycles. The number of amidine groups is 1. The molecule has 5 rings (SSSR count). The Kier molecular flexibility index (Phi) is 6.82. The number of nitrogens with zero attached hydrogens (tertiary/aromatic N) is 1. The molecule has 1 saturated heterocycles. The molecule has 7 heteroatoms. The van der Waals surface area contributed by atoms with Crippen LogP contribution in [0.25, 0.3) is 16.8 Å². The average molecular weight is 519 g/mol. The van der Waals surface area contributed by atoms with Crippen molar-refractivity contribution in [3.63, 3.8) is 0 Å². The number of fused-ring (bicyclic) bond motifs is 1. The third-order valence-electron chi connectivity index (χ3n) is 5.52. The molecule has 0 aliphatic carbocycles. The van der Waals surface area contributed by atoms with E-state index in [1.165, 1.54) is 11.8 Å². The molecular formula is C28H20Cl2N2O2S. The molecule has 4 aromatic rings. The molecule has 4 nitrogen and oxygen atoms in total. The maximum atomic E-state index is 12.8. The molecular weight excluding hydrogens is 499 g/mol. The van der Waals surface area contributed by atoms with Crippen molar-refractivity contribution in [3.8, 4) is 5.75 Å². The van der Waals surface area contributed by atoms with E-state index in [-0.39, 0.29) is 12.5 Å². The van der Waals surface area contributed by atoms with E-state index >= 15 is 0 Å². The molecule has 1 aliphatic rings. The second-order valence-corrected chi connectivity index (χ2v) is 9.91. The van der Waals surface area contributed by atoms with Crippen molar-refractivity contribution in [2.24, 2.45) is 4.99 Å². The molecule has 0 aromatic heterocycles. The predicted octanol–water partition coefficient (Wildman–Crippen LogP) is 7.93. The maximum absolute atomic E-state index is 12.8. The van der Waals surface area contributed by atoms with Crippen LogP contribution < -0.4 is 10.1 Å². The summed E-state index contributed by atoms with van der Waals surface area (Å²) in [7, 11) is 0. The van der Waals surface area contributed by atoms with E-state index in [1.807, 2.05) is 79.7 Å². The highest BCUT2D eigenvalue weighted by Crippen LogP contribution is 2.35. The molecule has 0 bridgehead atoms. The Balaban J connectivity index is 1.48. The minimum absolute atomic E-state index is 0.194. The number of carbonyl (C=O) groups excluding carboxylic acids is 1. The summed E-state index contributed by atoms with van der Waals surface area (Å²) >= 11 is 13.7. The van der Waals surface area contributed by atoms with Crippen LogP contribution in [0, 0.1) is 6.92 Å². The van der Waals surface area contributed by atoms with Gasteiger partial charge in [0, 0.05) is 21.2 Å². The van der Waals surface area contributed by atoms with Crippen LogP contribution in [0.15, 0.2) is 88.8 Å². The molecule has 1 aliphatic heterocycles. The van der Waals surface area contributed by atoms with Gasteiger partial charge in [-0.05, 0) is 65.9 Å². The summed E-state index contributed by atoms with van der Waals surface area (Å²) in [6.07, 6.45) is 1.86. The number of thioether (sulfide) groups is 1. The van der Waals surface area contributed by atoms with E-state index in [1.54, 1.807) is 12.1 Å². The lowest BCUT2D eigenvalue weighted by atomic mass is 10.0. The second kappa shape index (κ2) is 10.2. The van der Waals surface area contributed by atoms with Gasteiger partial charge in [-0.15, -0.1) is 0 Å². The summed E-state index contributed by atoms with van der Waals surface area (Å²) in [4.78, 5) is 17.9. The molecule has 35 heavy (non-hydrogen) atoms. The molecule has 0 spiro atoms. The first-order valence-corrected chi connectivity index (χ1v) is 12.5. The number of benzene rings is 4. The molecule has 1 amide bonds. The van der Waals surface area contributed by atoms with Gasteiger partial charge in [-0.25, -0.2) is 4.99 Å². The zero-order valence-electron chi connectivity index (χ0n) is 18.7. The summed E-state index contributed by atoms with van der Waals surface area (Å²) in [5, 5.41) is 6.55. The van der Waals surface area contributed by atoms with E-state index in [2.05, 4.69) is 10.3 Å². The number of nitrogens with one attached hydrogen (secondary N) is 1. The summed E-state index contributed by atoms with van der Waals surface area (Å²) in [5.74, 6) is 0.458. The van der Waals surface area contributed by atoms with Crippen LogP contribution >= 0.6 is 35.0 Å². The van der Waals surface area contributed by atoms with Crippen molar-refractivity contribution in [3.05, 3.63) is 111 Å². The third kappa shape index (κ3) is 5.38. The van der Waals surface area contributed by atoms with E-state index in [0.29, 0.717) is 25.9 Å². The number of rotatable bonds is 5. The van der Waals surface area contributed by atoms with Gasteiger partial charge in [-0.2, -0.15) is 0 Å². The van der Waals surface area contributed by atoms with Crippen molar-refractivity contribution < 1.29 is 9.53 Å². The first-order chi connectivity index (χ1) is 17.0. The van der Waals surface area contributed by atoms with Gasteiger partial charge in [-0.1, -0.05) is 77.3 Å². The quantitative estimate of drug-likeness (QED) is 0.273. The fourth-order valence-electron chi connectivity index (χ4n) is 3.69. The SMILES string of the molecule is Cc1ccc(N=C2NC(=O)/C(=C/c3c(OCc4ccc(Cl)cc4Cl)ccc4ccccc34)S2)cc1. The van der Waals surface area contributed by atoms with Crippen LogP contribution in [0.2, 0.25) is 10.0 Å². The lowest BCUT2D eigenvalue weighted by molar-refractivity contribution is -0.115. The smallest absolute Gasteiger partial charge is 0.264 e. The van der Waals surface area contributed by atoms with Crippen molar-refractivity contribution in [1.29, 1.82) is 0 Å². The largest absolute Gasteiger partial charge is 0.488 e. The highest BCUT2D eigenvalue weighted by Gasteiger charge is 2.25. The lowest BCUT2D eigenvalue weighted by Crippen LogP contribution is -2.19. The predicted molar refractivity (Wildman–Crippen MR) is 147 cm³/mol. The van der Waals surface area contributed by atoms with Crippen molar-refractivity contribution in [1.82, 2.24) is 5.32 Å². The van der Waals surface area contributed by atoms with E-state index < -0.39 is 0 Å². The maximum Gasteiger partial charge on any atom is 0.264 e. The average Bonchev–Trinajstić information content (AvgIpc) is 3.19. The van der Waals surface area contributed by atoms with Crippen molar-refractivity contribution >= 4 is 68.6 Å². The number of ether oxygens (including phenoxy) is 1. The Labute approximate surface area is 217 Å². The Bertz CT molecular complexity index is 1500. The number of hydrogen-bond acceptors (Lipinski definition) is 4. The van der Waals surface area contributed by atoms with Gasteiger partial charge < -0.3 is 10.1 Å². The molecule has 0 radical (unpaired) electrons. The van der Waals surface area contributed by atoms with Gasteiger partial charge in [0.15, 0.2) is 5.17 Å². The highest BCUT2D eigenvalue weighted by molar-refractivity contribution is 8.18. The van der Waals surface area contributed by atoms with Gasteiger partial charge in [-0.3, -0.25) is 4.79 Å². The first kappa shape index (κ1) is 23.5. The number of hydrogen-bond donors (Lipinski definition) is 1. The van der Waals surface area contributed by atoms with Crippen LogP contribution in [0.4, 0.5) is 5.69 Å². The number of aryl methyl sites for hydroxylation is 1. The minimum atomic E-state index is -0.194. The number of amides is 1. The second-order valence-electron chi connectivity index (χ2n) is 8.04. The van der Waals surface area contributed by atoms with Crippen LogP contribution in [0.1, 0.15) is 16.7 Å². The molecule has 1 heterocycles. The Morgan fingerprint density at radius 3 is 2.60 bits per heavy atom. The van der Waals surface area contributed by atoms with Crippen LogP contribution in [-0.4, -0.2) is 11.1 Å². The minimum Gasteiger partial charge on any atom is -0.488 e. The Morgan fingerprint density at radius 2 is 1.80 bits per heavy atom. The first-order valence-electron chi connectivity index (χ1n) is 10.9. The highest BCUT2D eigenvalue weighted by atomic mass is 35.5. The monoisotopic (exact) mass is 518 g/mol. The van der Waals surface area contributed by atoms with Crippen LogP contribution in [0.3, 0.4) is 0 Å². The zero-order chi connectivity index (χ0) is 24.4. The summed E-state index contributed by atoms with van der Waals surface area (Å²) < 4.78 is 6.19. The fourth-order valence-corrected chi connectivity index (χ4v) is 4.98. The Morgan fingerprint density at radius 1 is 1.00 bits per heavy atom. The van der Waals surface area contributed by atoms with Crippen LogP contribution in [0.5, 0.6) is 5.75 Å². The number of halogens is 2. The molecule has 1 fully saturated rings. The standard InChI is InChI=1S/C28H20Cl2N2O2S/c1-17-6-11-21(12-7-17)31-28-32-27(33)26(35-28)15-23-22-5-3-2-4-18(22)9-13-25(23)34-16-19-8-10-20(29)14-24(19)30/h2-15H,16H2,1H3,(H,31,32,33)/b26-15-. The molecule has 0 atom stereocenters.